The van der Waals surface area contributed by atoms with E-state index < -0.39 is 0 Å². The summed E-state index contributed by atoms with van der Waals surface area (Å²) in [5.74, 6) is 0.269. The second-order valence-corrected chi connectivity index (χ2v) is 6.07. The lowest BCUT2D eigenvalue weighted by molar-refractivity contribution is -0.113. The molecule has 0 aromatic heterocycles. The van der Waals surface area contributed by atoms with Gasteiger partial charge in [-0.3, -0.25) is 0 Å². The standard InChI is InChI=1S/C18H26O2/c1-2-3-4-5-14-6-8-15(9-7-14)18-11-10-17(20)12-16(18)13-19/h6-9,13,16-18,20H,2-5,10-12H2,1H3. The van der Waals surface area contributed by atoms with Crippen LogP contribution in [0.4, 0.5) is 0 Å². The van der Waals surface area contributed by atoms with Crippen LogP contribution < -0.4 is 0 Å². The molecule has 2 heteroatoms. The first kappa shape index (κ1) is 15.2. The molecule has 2 nitrogen and oxygen atoms in total. The second kappa shape index (κ2) is 7.58. The molecule has 1 aliphatic rings. The molecule has 1 aromatic carbocycles. The molecular weight excluding hydrogens is 248 g/mol. The maximum absolute atomic E-state index is 11.2. The fraction of sp³-hybridized carbons (Fsp3) is 0.611. The number of carbonyl (C=O) groups is 1. The first-order chi connectivity index (χ1) is 9.74. The summed E-state index contributed by atoms with van der Waals surface area (Å²) in [6.45, 7) is 2.22. The summed E-state index contributed by atoms with van der Waals surface area (Å²) >= 11 is 0. The van der Waals surface area contributed by atoms with Gasteiger partial charge in [0, 0.05) is 5.92 Å². The third kappa shape index (κ3) is 3.92. The highest BCUT2D eigenvalue weighted by molar-refractivity contribution is 5.56. The Morgan fingerprint density at radius 1 is 1.20 bits per heavy atom. The van der Waals surface area contributed by atoms with Gasteiger partial charge in [0.1, 0.15) is 6.29 Å². The molecule has 1 aromatic rings. The quantitative estimate of drug-likeness (QED) is 0.631. The Kier molecular flexibility index (Phi) is 5.78. The van der Waals surface area contributed by atoms with Crippen LogP contribution in [0, 0.1) is 5.92 Å². The lowest BCUT2D eigenvalue weighted by atomic mass is 9.75. The summed E-state index contributed by atoms with van der Waals surface area (Å²) in [5, 5.41) is 9.68. The first-order valence-electron chi connectivity index (χ1n) is 7.96. The minimum Gasteiger partial charge on any atom is -0.393 e. The molecule has 3 unspecified atom stereocenters. The Hall–Kier alpha value is -1.15. The average Bonchev–Trinajstić information content (AvgIpc) is 2.48. The van der Waals surface area contributed by atoms with Crippen LogP contribution in [0.2, 0.25) is 0 Å². The third-order valence-electron chi connectivity index (χ3n) is 4.52. The number of unbranched alkanes of at least 4 members (excludes halogenated alkanes) is 2. The van der Waals surface area contributed by atoms with Gasteiger partial charge in [0.2, 0.25) is 0 Å². The van der Waals surface area contributed by atoms with Crippen LogP contribution >= 0.6 is 0 Å². The Labute approximate surface area is 122 Å². The van der Waals surface area contributed by atoms with Crippen LogP contribution in [0.1, 0.15) is 62.5 Å². The number of rotatable bonds is 6. The smallest absolute Gasteiger partial charge is 0.123 e. The molecule has 0 heterocycles. The zero-order valence-electron chi connectivity index (χ0n) is 12.4. The van der Waals surface area contributed by atoms with Gasteiger partial charge in [-0.25, -0.2) is 0 Å². The summed E-state index contributed by atoms with van der Waals surface area (Å²) in [4.78, 5) is 11.2. The van der Waals surface area contributed by atoms with Gasteiger partial charge in [-0.05, 0) is 49.1 Å². The number of aryl methyl sites for hydroxylation is 1. The summed E-state index contributed by atoms with van der Waals surface area (Å²) in [6.07, 6.45) is 8.02. The SMILES string of the molecule is CCCCCc1ccc(C2CCC(O)CC2C=O)cc1. The van der Waals surface area contributed by atoms with Crippen LogP contribution in [-0.2, 0) is 11.2 Å². The third-order valence-corrected chi connectivity index (χ3v) is 4.52. The molecule has 1 fully saturated rings. The summed E-state index contributed by atoms with van der Waals surface area (Å²) in [6, 6.07) is 8.77. The van der Waals surface area contributed by atoms with Crippen molar-refractivity contribution in [3.05, 3.63) is 35.4 Å². The molecule has 110 valence electrons. The van der Waals surface area contributed by atoms with Crippen molar-refractivity contribution in [3.63, 3.8) is 0 Å². The predicted octanol–water partition coefficient (Wildman–Crippen LogP) is 3.86. The van der Waals surface area contributed by atoms with Crippen molar-refractivity contribution >= 4 is 6.29 Å². The normalized spacial score (nSPS) is 26.4. The first-order valence-corrected chi connectivity index (χ1v) is 7.96. The maximum atomic E-state index is 11.2. The topological polar surface area (TPSA) is 37.3 Å². The summed E-state index contributed by atoms with van der Waals surface area (Å²) in [7, 11) is 0. The van der Waals surface area contributed by atoms with Gasteiger partial charge >= 0.3 is 0 Å². The number of carbonyl (C=O) groups excluding carboxylic acids is 1. The Morgan fingerprint density at radius 3 is 2.60 bits per heavy atom. The number of hydrogen-bond acceptors (Lipinski definition) is 2. The Balaban J connectivity index is 1.99. The molecule has 1 aliphatic carbocycles. The highest BCUT2D eigenvalue weighted by Gasteiger charge is 2.30. The van der Waals surface area contributed by atoms with E-state index in [2.05, 4.69) is 31.2 Å². The van der Waals surface area contributed by atoms with E-state index >= 15 is 0 Å². The summed E-state index contributed by atoms with van der Waals surface area (Å²) in [5.41, 5.74) is 2.65. The van der Waals surface area contributed by atoms with Crippen molar-refractivity contribution < 1.29 is 9.90 Å². The lowest BCUT2D eigenvalue weighted by Crippen LogP contribution is -2.27. The number of aliphatic hydroxyl groups is 1. The minimum absolute atomic E-state index is 0.0234. The highest BCUT2D eigenvalue weighted by Crippen LogP contribution is 2.36. The van der Waals surface area contributed by atoms with Crippen LogP contribution in [0.15, 0.2) is 24.3 Å². The molecule has 0 aliphatic heterocycles. The molecule has 0 amide bonds. The van der Waals surface area contributed by atoms with Crippen LogP contribution in [0.25, 0.3) is 0 Å². The highest BCUT2D eigenvalue weighted by atomic mass is 16.3. The number of aliphatic hydroxyl groups excluding tert-OH is 1. The number of benzene rings is 1. The monoisotopic (exact) mass is 274 g/mol. The fourth-order valence-electron chi connectivity index (χ4n) is 3.26. The van der Waals surface area contributed by atoms with Crippen molar-refractivity contribution in [1.29, 1.82) is 0 Å². The van der Waals surface area contributed by atoms with Crippen LogP contribution in [-0.4, -0.2) is 17.5 Å². The molecule has 3 atom stereocenters. The van der Waals surface area contributed by atoms with E-state index in [-0.39, 0.29) is 12.0 Å². The van der Waals surface area contributed by atoms with E-state index in [1.54, 1.807) is 0 Å². The van der Waals surface area contributed by atoms with E-state index in [0.717, 1.165) is 25.5 Å². The van der Waals surface area contributed by atoms with E-state index in [1.165, 1.54) is 30.4 Å². The van der Waals surface area contributed by atoms with Gasteiger partial charge in [-0.1, -0.05) is 44.0 Å². The van der Waals surface area contributed by atoms with E-state index in [9.17, 15) is 9.90 Å². The van der Waals surface area contributed by atoms with E-state index in [0.29, 0.717) is 12.3 Å². The predicted molar refractivity (Wildman–Crippen MR) is 81.8 cm³/mol. The van der Waals surface area contributed by atoms with Crippen molar-refractivity contribution in [2.24, 2.45) is 5.92 Å². The van der Waals surface area contributed by atoms with E-state index in [1.807, 2.05) is 0 Å². The molecule has 0 saturated heterocycles. The largest absolute Gasteiger partial charge is 0.393 e. The van der Waals surface area contributed by atoms with Crippen molar-refractivity contribution in [3.8, 4) is 0 Å². The van der Waals surface area contributed by atoms with Crippen molar-refractivity contribution in [2.45, 2.75) is 63.9 Å². The fourth-order valence-corrected chi connectivity index (χ4v) is 3.26. The Morgan fingerprint density at radius 2 is 1.95 bits per heavy atom. The zero-order chi connectivity index (χ0) is 14.4. The average molecular weight is 274 g/mol. The van der Waals surface area contributed by atoms with Gasteiger partial charge in [0.05, 0.1) is 6.10 Å². The number of hydrogen-bond donors (Lipinski definition) is 1. The molecule has 0 bridgehead atoms. The summed E-state index contributed by atoms with van der Waals surface area (Å²) < 4.78 is 0. The molecular formula is C18H26O2. The van der Waals surface area contributed by atoms with E-state index in [4.69, 9.17) is 0 Å². The molecule has 1 N–H and O–H groups in total. The van der Waals surface area contributed by atoms with Gasteiger partial charge < -0.3 is 9.90 Å². The Bertz CT molecular complexity index is 410. The zero-order valence-corrected chi connectivity index (χ0v) is 12.4. The molecule has 0 radical (unpaired) electrons. The second-order valence-electron chi connectivity index (χ2n) is 6.07. The molecule has 1 saturated carbocycles. The number of aldehydes is 1. The van der Waals surface area contributed by atoms with Crippen LogP contribution in [0.3, 0.4) is 0 Å². The van der Waals surface area contributed by atoms with Crippen molar-refractivity contribution in [1.82, 2.24) is 0 Å². The minimum atomic E-state index is -0.297. The maximum Gasteiger partial charge on any atom is 0.123 e. The van der Waals surface area contributed by atoms with Gasteiger partial charge in [0.15, 0.2) is 0 Å². The van der Waals surface area contributed by atoms with Gasteiger partial charge in [0.25, 0.3) is 0 Å². The lowest BCUT2D eigenvalue weighted by Gasteiger charge is -2.31. The van der Waals surface area contributed by atoms with Gasteiger partial charge in [-0.2, -0.15) is 0 Å². The molecule has 0 spiro atoms. The van der Waals surface area contributed by atoms with Gasteiger partial charge in [-0.15, -0.1) is 0 Å². The van der Waals surface area contributed by atoms with Crippen LogP contribution in [0.5, 0.6) is 0 Å². The molecule has 2 rings (SSSR count). The molecule has 20 heavy (non-hydrogen) atoms. The van der Waals surface area contributed by atoms with Crippen molar-refractivity contribution in [2.75, 3.05) is 0 Å².